The van der Waals surface area contributed by atoms with Gasteiger partial charge < -0.3 is 14.4 Å². The van der Waals surface area contributed by atoms with E-state index >= 15 is 0 Å². The third kappa shape index (κ3) is 5.47. The fourth-order valence-corrected chi connectivity index (χ4v) is 4.01. The summed E-state index contributed by atoms with van der Waals surface area (Å²) in [6.45, 7) is 11.7. The lowest BCUT2D eigenvalue weighted by Crippen LogP contribution is -2.50. The lowest BCUT2D eigenvalue weighted by Gasteiger charge is -2.40. The Balaban J connectivity index is 1.50. The third-order valence-electron chi connectivity index (χ3n) is 5.69. The molecule has 2 aliphatic rings. The number of methoxy groups -OCH3 is 1. The molecule has 0 saturated carbocycles. The number of hydrogen-bond acceptors (Lipinski definition) is 6. The minimum Gasteiger partial charge on any atom is -0.469 e. The predicted molar refractivity (Wildman–Crippen MR) is 110 cm³/mol. The van der Waals surface area contributed by atoms with Gasteiger partial charge in [0.15, 0.2) is 0 Å². The standard InChI is InChI=1S/C22H33N3O4/c1-15-10-18(14-24-8-6-16(7-9-24)20(26)28-5)23-11-19(15)17-12-25(13-17)21(27)29-22(2,3)4/h10-11,16-17H,6-9,12-14H2,1-5H3. The van der Waals surface area contributed by atoms with Crippen molar-refractivity contribution in [3.8, 4) is 0 Å². The fourth-order valence-electron chi connectivity index (χ4n) is 4.01. The van der Waals surface area contributed by atoms with E-state index in [2.05, 4.69) is 22.9 Å². The van der Waals surface area contributed by atoms with E-state index in [-0.39, 0.29) is 18.0 Å². The average Bonchev–Trinajstić information content (AvgIpc) is 2.60. The zero-order valence-corrected chi connectivity index (χ0v) is 18.2. The average molecular weight is 404 g/mol. The first-order valence-electron chi connectivity index (χ1n) is 10.4. The van der Waals surface area contributed by atoms with Gasteiger partial charge in [0, 0.05) is 31.7 Å². The molecule has 7 nitrogen and oxygen atoms in total. The van der Waals surface area contributed by atoms with E-state index in [1.54, 1.807) is 4.90 Å². The number of piperidine rings is 1. The number of carbonyl (C=O) groups excluding carboxylic acids is 2. The molecule has 0 N–H and O–H groups in total. The molecule has 0 atom stereocenters. The third-order valence-corrected chi connectivity index (χ3v) is 5.69. The van der Waals surface area contributed by atoms with Crippen LogP contribution >= 0.6 is 0 Å². The summed E-state index contributed by atoms with van der Waals surface area (Å²) in [7, 11) is 1.46. The Bertz CT molecular complexity index is 745. The highest BCUT2D eigenvalue weighted by Gasteiger charge is 2.35. The maximum absolute atomic E-state index is 12.1. The van der Waals surface area contributed by atoms with Crippen molar-refractivity contribution >= 4 is 12.1 Å². The van der Waals surface area contributed by atoms with Crippen LogP contribution in [0.2, 0.25) is 0 Å². The van der Waals surface area contributed by atoms with Crippen molar-refractivity contribution in [3.05, 3.63) is 29.1 Å². The van der Waals surface area contributed by atoms with Crippen LogP contribution in [0.3, 0.4) is 0 Å². The van der Waals surface area contributed by atoms with E-state index in [1.807, 2.05) is 27.0 Å². The molecule has 1 aromatic heterocycles. The Kier molecular flexibility index (Phi) is 6.46. The summed E-state index contributed by atoms with van der Waals surface area (Å²) in [5.41, 5.74) is 3.00. The molecule has 2 saturated heterocycles. The summed E-state index contributed by atoms with van der Waals surface area (Å²) < 4.78 is 10.3. The topological polar surface area (TPSA) is 72.0 Å². The number of carbonyl (C=O) groups is 2. The van der Waals surface area contributed by atoms with Gasteiger partial charge in [-0.25, -0.2) is 4.79 Å². The number of nitrogens with zero attached hydrogens (tertiary/aromatic N) is 3. The van der Waals surface area contributed by atoms with E-state index < -0.39 is 5.60 Å². The summed E-state index contributed by atoms with van der Waals surface area (Å²) in [6.07, 6.45) is 3.40. The number of amides is 1. The largest absolute Gasteiger partial charge is 0.469 e. The molecule has 1 aromatic rings. The van der Waals surface area contributed by atoms with Gasteiger partial charge in [-0.2, -0.15) is 0 Å². The number of rotatable bonds is 4. The van der Waals surface area contributed by atoms with Gasteiger partial charge in [0.2, 0.25) is 0 Å². The van der Waals surface area contributed by atoms with Crippen molar-refractivity contribution in [2.75, 3.05) is 33.3 Å². The monoisotopic (exact) mass is 403 g/mol. The Morgan fingerprint density at radius 2 is 1.86 bits per heavy atom. The van der Waals surface area contributed by atoms with Crippen LogP contribution < -0.4 is 0 Å². The molecule has 3 heterocycles. The molecule has 2 aliphatic heterocycles. The maximum atomic E-state index is 12.1. The zero-order valence-electron chi connectivity index (χ0n) is 18.2. The molecule has 3 rings (SSSR count). The van der Waals surface area contributed by atoms with Gasteiger partial charge in [0.05, 0.1) is 18.7 Å². The first kappa shape index (κ1) is 21.6. The van der Waals surface area contributed by atoms with E-state index in [0.29, 0.717) is 19.0 Å². The van der Waals surface area contributed by atoms with Crippen LogP contribution in [0.15, 0.2) is 12.3 Å². The second-order valence-corrected chi connectivity index (χ2v) is 9.19. The van der Waals surface area contributed by atoms with Crippen LogP contribution in [-0.2, 0) is 20.8 Å². The van der Waals surface area contributed by atoms with Crippen LogP contribution in [0.5, 0.6) is 0 Å². The predicted octanol–water partition coefficient (Wildman–Crippen LogP) is 3.11. The summed E-state index contributed by atoms with van der Waals surface area (Å²) >= 11 is 0. The number of likely N-dealkylation sites (tertiary alicyclic amines) is 2. The lowest BCUT2D eigenvalue weighted by molar-refractivity contribution is -0.147. The second-order valence-electron chi connectivity index (χ2n) is 9.19. The SMILES string of the molecule is COC(=O)C1CCN(Cc2cc(C)c(C3CN(C(=O)OC(C)(C)C)C3)cn2)CC1. The number of ether oxygens (including phenoxy) is 2. The Morgan fingerprint density at radius 1 is 1.21 bits per heavy atom. The summed E-state index contributed by atoms with van der Waals surface area (Å²) in [5, 5.41) is 0. The molecular weight excluding hydrogens is 370 g/mol. The van der Waals surface area contributed by atoms with Gasteiger partial charge in [-0.05, 0) is 70.8 Å². The van der Waals surface area contributed by atoms with Crippen molar-refractivity contribution < 1.29 is 19.1 Å². The van der Waals surface area contributed by atoms with Crippen LogP contribution in [0.1, 0.15) is 56.4 Å². The number of aromatic nitrogens is 1. The number of aryl methyl sites for hydroxylation is 1. The van der Waals surface area contributed by atoms with Gasteiger partial charge in [0.1, 0.15) is 5.60 Å². The van der Waals surface area contributed by atoms with E-state index in [4.69, 9.17) is 9.47 Å². The normalized spacial score (nSPS) is 19.0. The van der Waals surface area contributed by atoms with Crippen LogP contribution in [0, 0.1) is 12.8 Å². The number of hydrogen-bond donors (Lipinski definition) is 0. The molecule has 29 heavy (non-hydrogen) atoms. The second kappa shape index (κ2) is 8.69. The molecule has 160 valence electrons. The van der Waals surface area contributed by atoms with Gasteiger partial charge in [0.25, 0.3) is 0 Å². The molecule has 0 spiro atoms. The Hall–Kier alpha value is -2.15. The first-order chi connectivity index (χ1) is 13.7. The van der Waals surface area contributed by atoms with Gasteiger partial charge in [-0.1, -0.05) is 0 Å². The molecule has 0 radical (unpaired) electrons. The van der Waals surface area contributed by atoms with Gasteiger partial charge in [-0.15, -0.1) is 0 Å². The maximum Gasteiger partial charge on any atom is 0.410 e. The van der Waals surface area contributed by atoms with Crippen molar-refractivity contribution in [1.29, 1.82) is 0 Å². The van der Waals surface area contributed by atoms with Crippen molar-refractivity contribution in [2.24, 2.45) is 5.92 Å². The summed E-state index contributed by atoms with van der Waals surface area (Å²) in [5.74, 6) is 0.253. The molecule has 0 unspecified atom stereocenters. The molecule has 0 aliphatic carbocycles. The highest BCUT2D eigenvalue weighted by atomic mass is 16.6. The smallest absolute Gasteiger partial charge is 0.410 e. The number of pyridine rings is 1. The molecular formula is C22H33N3O4. The summed E-state index contributed by atoms with van der Waals surface area (Å²) in [4.78, 5) is 32.5. The minimum absolute atomic E-state index is 0.0276. The lowest BCUT2D eigenvalue weighted by atomic mass is 9.90. The van der Waals surface area contributed by atoms with Crippen LogP contribution in [-0.4, -0.2) is 65.7 Å². The highest BCUT2D eigenvalue weighted by molar-refractivity contribution is 5.72. The molecule has 7 heteroatoms. The van der Waals surface area contributed by atoms with E-state index in [0.717, 1.165) is 38.2 Å². The van der Waals surface area contributed by atoms with E-state index in [1.165, 1.54) is 18.2 Å². The molecule has 2 fully saturated rings. The zero-order chi connectivity index (χ0) is 21.2. The molecule has 0 bridgehead atoms. The highest BCUT2D eigenvalue weighted by Crippen LogP contribution is 2.30. The fraction of sp³-hybridized carbons (Fsp3) is 0.682. The van der Waals surface area contributed by atoms with Gasteiger partial charge >= 0.3 is 12.1 Å². The van der Waals surface area contributed by atoms with Crippen molar-refractivity contribution in [1.82, 2.24) is 14.8 Å². The Labute approximate surface area is 173 Å². The summed E-state index contributed by atoms with van der Waals surface area (Å²) in [6, 6.07) is 2.15. The van der Waals surface area contributed by atoms with Crippen molar-refractivity contribution in [3.63, 3.8) is 0 Å². The van der Waals surface area contributed by atoms with Crippen molar-refractivity contribution in [2.45, 2.75) is 58.6 Å². The minimum atomic E-state index is -0.466. The molecule has 1 amide bonds. The quantitative estimate of drug-likeness (QED) is 0.720. The molecule has 0 aromatic carbocycles. The Morgan fingerprint density at radius 3 is 2.41 bits per heavy atom. The van der Waals surface area contributed by atoms with Crippen LogP contribution in [0.25, 0.3) is 0 Å². The van der Waals surface area contributed by atoms with Gasteiger partial charge in [-0.3, -0.25) is 14.7 Å². The van der Waals surface area contributed by atoms with E-state index in [9.17, 15) is 9.59 Å². The first-order valence-corrected chi connectivity index (χ1v) is 10.4. The number of esters is 1. The van der Waals surface area contributed by atoms with Crippen LogP contribution in [0.4, 0.5) is 4.79 Å².